The molecule has 16 heavy (non-hydrogen) atoms. The highest BCUT2D eigenvalue weighted by atomic mass is 79.9. The van der Waals surface area contributed by atoms with E-state index in [0.29, 0.717) is 0 Å². The molecule has 0 unspecified atom stereocenters. The van der Waals surface area contributed by atoms with Crippen LogP contribution in [0.15, 0.2) is 28.9 Å². The normalized spacial score (nSPS) is 10.5. The van der Waals surface area contributed by atoms with Crippen molar-refractivity contribution in [3.63, 3.8) is 0 Å². The van der Waals surface area contributed by atoms with Crippen LogP contribution in [0.1, 0.15) is 0 Å². The molecule has 0 atom stereocenters. The molecule has 1 aromatic heterocycles. The monoisotopic (exact) mass is 304 g/mol. The molecule has 0 amide bonds. The molecule has 2 aromatic rings. The standard InChI is InChI=1S/C10H4BrClF2N2/c11-6-3-5(7(13)4-8(6)14)10-15-2-1-9(12)16-10/h1-4H. The van der Waals surface area contributed by atoms with E-state index in [-0.39, 0.29) is 21.0 Å². The number of rotatable bonds is 1. The van der Waals surface area contributed by atoms with E-state index in [2.05, 4.69) is 25.9 Å². The summed E-state index contributed by atoms with van der Waals surface area (Å²) in [6.07, 6.45) is 1.40. The van der Waals surface area contributed by atoms with Crippen LogP contribution in [0.25, 0.3) is 11.4 Å². The summed E-state index contributed by atoms with van der Waals surface area (Å²) in [4.78, 5) is 7.71. The summed E-state index contributed by atoms with van der Waals surface area (Å²) < 4.78 is 26.6. The summed E-state index contributed by atoms with van der Waals surface area (Å²) in [6.45, 7) is 0. The van der Waals surface area contributed by atoms with Crippen molar-refractivity contribution in [3.8, 4) is 11.4 Å². The lowest BCUT2D eigenvalue weighted by Gasteiger charge is -2.03. The molecule has 82 valence electrons. The van der Waals surface area contributed by atoms with Crippen molar-refractivity contribution in [2.45, 2.75) is 0 Å². The van der Waals surface area contributed by atoms with E-state index in [0.717, 1.165) is 6.07 Å². The molecule has 0 fully saturated rings. The maximum absolute atomic E-state index is 13.5. The van der Waals surface area contributed by atoms with E-state index in [4.69, 9.17) is 11.6 Å². The minimum Gasteiger partial charge on any atom is -0.236 e. The SMILES string of the molecule is Fc1cc(F)c(-c2nccc(Cl)n2)cc1Br. The highest BCUT2D eigenvalue weighted by molar-refractivity contribution is 9.10. The van der Waals surface area contributed by atoms with Crippen LogP contribution in [0.5, 0.6) is 0 Å². The van der Waals surface area contributed by atoms with Crippen LogP contribution in [0.4, 0.5) is 8.78 Å². The van der Waals surface area contributed by atoms with Gasteiger partial charge in [-0.05, 0) is 28.1 Å². The fourth-order valence-corrected chi connectivity index (χ4v) is 1.64. The Morgan fingerprint density at radius 2 is 1.94 bits per heavy atom. The third kappa shape index (κ3) is 2.20. The highest BCUT2D eigenvalue weighted by Gasteiger charge is 2.12. The second kappa shape index (κ2) is 4.43. The molecule has 0 bridgehead atoms. The van der Waals surface area contributed by atoms with Crippen LogP contribution in [-0.2, 0) is 0 Å². The van der Waals surface area contributed by atoms with Gasteiger partial charge in [-0.3, -0.25) is 0 Å². The zero-order valence-electron chi connectivity index (χ0n) is 7.72. The number of hydrogen-bond acceptors (Lipinski definition) is 2. The number of halogens is 4. The topological polar surface area (TPSA) is 25.8 Å². The van der Waals surface area contributed by atoms with Crippen molar-refractivity contribution in [1.29, 1.82) is 0 Å². The van der Waals surface area contributed by atoms with Gasteiger partial charge in [-0.1, -0.05) is 11.6 Å². The number of nitrogens with zero attached hydrogens (tertiary/aromatic N) is 2. The summed E-state index contributed by atoms with van der Waals surface area (Å²) in [5.74, 6) is -1.29. The van der Waals surface area contributed by atoms with Crippen molar-refractivity contribution in [1.82, 2.24) is 9.97 Å². The Labute approximate surface area is 103 Å². The lowest BCUT2D eigenvalue weighted by molar-refractivity contribution is 0.580. The van der Waals surface area contributed by atoms with Gasteiger partial charge in [0.15, 0.2) is 5.82 Å². The molecule has 1 aromatic carbocycles. The van der Waals surface area contributed by atoms with Crippen molar-refractivity contribution in [3.05, 3.63) is 45.7 Å². The van der Waals surface area contributed by atoms with E-state index in [1.165, 1.54) is 18.3 Å². The van der Waals surface area contributed by atoms with E-state index < -0.39 is 11.6 Å². The minimum absolute atomic E-state index is 0.0933. The largest absolute Gasteiger partial charge is 0.236 e. The van der Waals surface area contributed by atoms with Crippen LogP contribution < -0.4 is 0 Å². The molecule has 0 aliphatic heterocycles. The molecule has 0 N–H and O–H groups in total. The Bertz CT molecular complexity index is 548. The minimum atomic E-state index is -0.733. The first-order valence-electron chi connectivity index (χ1n) is 4.21. The molecular weight excluding hydrogens is 301 g/mol. The van der Waals surface area contributed by atoms with Gasteiger partial charge >= 0.3 is 0 Å². The second-order valence-electron chi connectivity index (χ2n) is 2.95. The van der Waals surface area contributed by atoms with Crippen LogP contribution in [0, 0.1) is 11.6 Å². The summed E-state index contributed by atoms with van der Waals surface area (Å²) >= 11 is 8.62. The maximum Gasteiger partial charge on any atom is 0.163 e. The van der Waals surface area contributed by atoms with Gasteiger partial charge in [-0.25, -0.2) is 18.7 Å². The molecule has 0 aliphatic rings. The molecule has 0 saturated carbocycles. The molecule has 0 spiro atoms. The Morgan fingerprint density at radius 3 is 2.62 bits per heavy atom. The number of aromatic nitrogens is 2. The van der Waals surface area contributed by atoms with Crippen LogP contribution in [0.3, 0.4) is 0 Å². The summed E-state index contributed by atoms with van der Waals surface area (Å²) in [7, 11) is 0. The first kappa shape index (κ1) is 11.4. The highest BCUT2D eigenvalue weighted by Crippen LogP contribution is 2.26. The van der Waals surface area contributed by atoms with Crippen LogP contribution >= 0.6 is 27.5 Å². The van der Waals surface area contributed by atoms with Gasteiger partial charge in [0, 0.05) is 12.3 Å². The summed E-state index contributed by atoms with van der Waals surface area (Å²) in [5, 5.41) is 0.199. The van der Waals surface area contributed by atoms with E-state index in [1.807, 2.05) is 0 Å². The fourth-order valence-electron chi connectivity index (χ4n) is 1.16. The van der Waals surface area contributed by atoms with Gasteiger partial charge in [-0.15, -0.1) is 0 Å². The average Bonchev–Trinajstić information content (AvgIpc) is 2.23. The van der Waals surface area contributed by atoms with E-state index in [1.54, 1.807) is 0 Å². The van der Waals surface area contributed by atoms with Gasteiger partial charge < -0.3 is 0 Å². The fraction of sp³-hybridized carbons (Fsp3) is 0. The Morgan fingerprint density at radius 1 is 1.19 bits per heavy atom. The van der Waals surface area contributed by atoms with Gasteiger partial charge in [-0.2, -0.15) is 0 Å². The lowest BCUT2D eigenvalue weighted by Crippen LogP contribution is -1.93. The molecule has 0 saturated heterocycles. The zero-order chi connectivity index (χ0) is 11.7. The van der Waals surface area contributed by atoms with Gasteiger partial charge in [0.05, 0.1) is 10.0 Å². The molecule has 0 radical (unpaired) electrons. The number of benzene rings is 1. The van der Waals surface area contributed by atoms with Crippen molar-refractivity contribution >= 4 is 27.5 Å². The van der Waals surface area contributed by atoms with Crippen LogP contribution in [-0.4, -0.2) is 9.97 Å². The first-order valence-corrected chi connectivity index (χ1v) is 5.38. The third-order valence-electron chi connectivity index (χ3n) is 1.87. The first-order chi connectivity index (χ1) is 7.58. The van der Waals surface area contributed by atoms with Gasteiger partial charge in [0.1, 0.15) is 16.8 Å². The summed E-state index contributed by atoms with van der Waals surface area (Å²) in [5.41, 5.74) is 0.0933. The quantitative estimate of drug-likeness (QED) is 0.591. The van der Waals surface area contributed by atoms with Gasteiger partial charge in [0.2, 0.25) is 0 Å². The molecule has 2 nitrogen and oxygen atoms in total. The second-order valence-corrected chi connectivity index (χ2v) is 4.19. The molecule has 0 aliphatic carbocycles. The number of hydrogen-bond donors (Lipinski definition) is 0. The molecule has 6 heteroatoms. The Hall–Kier alpha value is -1.07. The lowest BCUT2D eigenvalue weighted by atomic mass is 10.2. The average molecular weight is 306 g/mol. The smallest absolute Gasteiger partial charge is 0.163 e. The molecule has 1 heterocycles. The predicted molar refractivity (Wildman–Crippen MR) is 60.1 cm³/mol. The molecule has 2 rings (SSSR count). The van der Waals surface area contributed by atoms with E-state index >= 15 is 0 Å². The molecular formula is C10H4BrClF2N2. The van der Waals surface area contributed by atoms with Crippen molar-refractivity contribution < 1.29 is 8.78 Å². The third-order valence-corrected chi connectivity index (χ3v) is 2.69. The van der Waals surface area contributed by atoms with Gasteiger partial charge in [0.25, 0.3) is 0 Å². The van der Waals surface area contributed by atoms with E-state index in [9.17, 15) is 8.78 Å². The predicted octanol–water partition coefficient (Wildman–Crippen LogP) is 3.84. The maximum atomic E-state index is 13.5. The van der Waals surface area contributed by atoms with Crippen molar-refractivity contribution in [2.24, 2.45) is 0 Å². The Kier molecular flexibility index (Phi) is 3.16. The summed E-state index contributed by atoms with van der Waals surface area (Å²) in [6, 6.07) is 3.52. The van der Waals surface area contributed by atoms with Crippen LogP contribution in [0.2, 0.25) is 5.15 Å². The zero-order valence-corrected chi connectivity index (χ0v) is 10.1. The van der Waals surface area contributed by atoms with Crippen molar-refractivity contribution in [2.75, 3.05) is 0 Å². The Balaban J connectivity index is 2.60.